The number of benzene rings is 1. The van der Waals surface area contributed by atoms with Crippen molar-refractivity contribution in [2.75, 3.05) is 0 Å². The van der Waals surface area contributed by atoms with E-state index in [1.54, 1.807) is 6.21 Å². The van der Waals surface area contributed by atoms with Crippen LogP contribution in [0.1, 0.15) is 12.8 Å². The molecule has 0 aliphatic rings. The fraction of sp³-hybridized carbons (Fsp3) is 0.231. The standard InChI is InChI=1S/C13H16N4OSi/c1-10-4-5-12(18-19(2)3)11(6-10)15-7-13-16-8-14-9-17-13/h4-9,19H,1-3H3/p+1. The molecule has 0 saturated carbocycles. The Balaban J connectivity index is 0.00000200. The van der Waals surface area contributed by atoms with Gasteiger partial charge in [-0.3, -0.25) is 0 Å². The van der Waals surface area contributed by atoms with Crippen molar-refractivity contribution >= 4 is 20.9 Å². The summed E-state index contributed by atoms with van der Waals surface area (Å²) < 4.78 is 5.86. The summed E-state index contributed by atoms with van der Waals surface area (Å²) in [6.07, 6.45) is 4.51. The first-order chi connectivity index (χ1) is 9.15. The fourth-order valence-corrected chi connectivity index (χ4v) is 2.23. The monoisotopic (exact) mass is 273 g/mol. The molecule has 0 aliphatic heterocycles. The van der Waals surface area contributed by atoms with Gasteiger partial charge in [0.05, 0.1) is 6.21 Å². The maximum absolute atomic E-state index is 5.86. The van der Waals surface area contributed by atoms with Crippen molar-refractivity contribution in [3.8, 4) is 5.75 Å². The molecular weight excluding hydrogens is 256 g/mol. The molecule has 1 aromatic heterocycles. The first kappa shape index (κ1) is 13.4. The molecule has 0 amide bonds. The van der Waals surface area contributed by atoms with Gasteiger partial charge in [0.15, 0.2) is 5.82 Å². The molecule has 1 heterocycles. The van der Waals surface area contributed by atoms with Crippen LogP contribution in [0.2, 0.25) is 13.1 Å². The molecule has 2 aromatic rings. The van der Waals surface area contributed by atoms with Gasteiger partial charge in [-0.15, -0.1) is 0 Å². The first-order valence-corrected chi connectivity index (χ1v) is 8.86. The summed E-state index contributed by atoms with van der Waals surface area (Å²) in [5.41, 5.74) is 1.95. The highest BCUT2D eigenvalue weighted by Crippen LogP contribution is 2.28. The van der Waals surface area contributed by atoms with Gasteiger partial charge in [-0.05, 0) is 37.7 Å². The SMILES string of the molecule is Cc1ccc(O[SiH](C)C)c(N=Cc2ncncn2)c1.[H+]. The third-order valence-electron chi connectivity index (χ3n) is 2.31. The second kappa shape index (κ2) is 6.19. The normalized spacial score (nSPS) is 11.2. The average molecular weight is 273 g/mol. The van der Waals surface area contributed by atoms with Crippen LogP contribution in [0, 0.1) is 6.92 Å². The Morgan fingerprint density at radius 2 is 2.00 bits per heavy atom. The Bertz CT molecular complexity index is 578. The van der Waals surface area contributed by atoms with E-state index in [-0.39, 0.29) is 1.43 Å². The van der Waals surface area contributed by atoms with Gasteiger partial charge >= 0.3 is 1.43 Å². The summed E-state index contributed by atoms with van der Waals surface area (Å²) in [6, 6.07) is 5.97. The molecule has 2 rings (SSSR count). The van der Waals surface area contributed by atoms with Gasteiger partial charge in [-0.2, -0.15) is 0 Å². The van der Waals surface area contributed by atoms with Crippen molar-refractivity contribution in [1.29, 1.82) is 0 Å². The molecule has 19 heavy (non-hydrogen) atoms. The van der Waals surface area contributed by atoms with Crippen LogP contribution in [0.15, 0.2) is 35.8 Å². The van der Waals surface area contributed by atoms with Crippen LogP contribution >= 0.6 is 0 Å². The molecule has 0 saturated heterocycles. The summed E-state index contributed by atoms with van der Waals surface area (Å²) in [7, 11) is -1.15. The minimum absolute atomic E-state index is 0. The van der Waals surface area contributed by atoms with Crippen molar-refractivity contribution in [3.63, 3.8) is 0 Å². The Morgan fingerprint density at radius 1 is 1.26 bits per heavy atom. The molecule has 1 aromatic carbocycles. The molecule has 0 N–H and O–H groups in total. The molecule has 0 radical (unpaired) electrons. The van der Waals surface area contributed by atoms with Crippen LogP contribution in [-0.4, -0.2) is 30.2 Å². The Kier molecular flexibility index (Phi) is 4.35. The number of rotatable bonds is 4. The summed E-state index contributed by atoms with van der Waals surface area (Å²) in [5.74, 6) is 1.35. The zero-order chi connectivity index (χ0) is 13.7. The van der Waals surface area contributed by atoms with Crippen molar-refractivity contribution < 1.29 is 5.85 Å². The highest BCUT2D eigenvalue weighted by atomic mass is 28.3. The number of aliphatic imine (C=N–C) groups is 1. The molecule has 0 fully saturated rings. The van der Waals surface area contributed by atoms with Gasteiger partial charge in [0, 0.05) is 0 Å². The van der Waals surface area contributed by atoms with Gasteiger partial charge in [0.25, 0.3) is 0 Å². The van der Waals surface area contributed by atoms with E-state index in [0.29, 0.717) is 5.82 Å². The molecule has 98 valence electrons. The predicted molar refractivity (Wildman–Crippen MR) is 78.9 cm³/mol. The third kappa shape index (κ3) is 3.96. The first-order valence-electron chi connectivity index (χ1n) is 6.08. The summed E-state index contributed by atoms with van der Waals surface area (Å²) >= 11 is 0. The molecule has 5 nitrogen and oxygen atoms in total. The number of hydrogen-bond donors (Lipinski definition) is 0. The lowest BCUT2D eigenvalue weighted by atomic mass is 10.2. The van der Waals surface area contributed by atoms with Crippen LogP contribution in [-0.2, 0) is 0 Å². The molecule has 0 atom stereocenters. The molecule has 0 aliphatic carbocycles. The largest absolute Gasteiger partial charge is 1.00 e. The van der Waals surface area contributed by atoms with Gasteiger partial charge in [0.2, 0.25) is 9.04 Å². The van der Waals surface area contributed by atoms with Gasteiger partial charge in [0.1, 0.15) is 24.1 Å². The van der Waals surface area contributed by atoms with Gasteiger partial charge in [-0.1, -0.05) is 6.07 Å². The molecule has 0 unspecified atom stereocenters. The van der Waals surface area contributed by atoms with Crippen LogP contribution in [0.3, 0.4) is 0 Å². The second-order valence-electron chi connectivity index (χ2n) is 4.39. The third-order valence-corrected chi connectivity index (χ3v) is 3.03. The van der Waals surface area contributed by atoms with E-state index in [1.807, 2.05) is 25.1 Å². The second-order valence-corrected chi connectivity index (χ2v) is 6.73. The fourth-order valence-electron chi connectivity index (χ4n) is 1.52. The molecular formula is C13H17N4OSi+. The van der Waals surface area contributed by atoms with Gasteiger partial charge < -0.3 is 4.43 Å². The maximum Gasteiger partial charge on any atom is 1.00 e. The van der Waals surface area contributed by atoms with E-state index < -0.39 is 9.04 Å². The zero-order valence-corrected chi connectivity index (χ0v) is 12.4. The Hall–Kier alpha value is -2.08. The van der Waals surface area contributed by atoms with E-state index in [9.17, 15) is 0 Å². The minimum atomic E-state index is -1.15. The van der Waals surface area contributed by atoms with Gasteiger partial charge in [-0.25, -0.2) is 19.9 Å². The summed E-state index contributed by atoms with van der Waals surface area (Å²) in [4.78, 5) is 16.2. The number of aryl methyl sites for hydroxylation is 1. The molecule has 0 spiro atoms. The average Bonchev–Trinajstić information content (AvgIpc) is 2.40. The highest BCUT2D eigenvalue weighted by molar-refractivity contribution is 6.49. The summed E-state index contributed by atoms with van der Waals surface area (Å²) in [6.45, 7) is 6.27. The van der Waals surface area contributed by atoms with E-state index >= 15 is 0 Å². The van der Waals surface area contributed by atoms with Crippen LogP contribution in [0.4, 0.5) is 5.69 Å². The van der Waals surface area contributed by atoms with Crippen LogP contribution in [0.5, 0.6) is 5.75 Å². The van der Waals surface area contributed by atoms with Crippen molar-refractivity contribution in [1.82, 2.24) is 15.0 Å². The van der Waals surface area contributed by atoms with Crippen LogP contribution in [0.25, 0.3) is 0 Å². The molecule has 0 bridgehead atoms. The Labute approximate surface area is 115 Å². The predicted octanol–water partition coefficient (Wildman–Crippen LogP) is 2.41. The lowest BCUT2D eigenvalue weighted by Crippen LogP contribution is -2.11. The quantitative estimate of drug-likeness (QED) is 0.634. The van der Waals surface area contributed by atoms with E-state index in [2.05, 4.69) is 33.0 Å². The number of aromatic nitrogens is 3. The lowest BCUT2D eigenvalue weighted by molar-refractivity contribution is 0.582. The van der Waals surface area contributed by atoms with Crippen LogP contribution < -0.4 is 4.43 Å². The maximum atomic E-state index is 5.86. The topological polar surface area (TPSA) is 60.3 Å². The van der Waals surface area contributed by atoms with E-state index in [0.717, 1.165) is 17.0 Å². The van der Waals surface area contributed by atoms with Crippen molar-refractivity contribution in [3.05, 3.63) is 42.2 Å². The van der Waals surface area contributed by atoms with E-state index in [4.69, 9.17) is 4.43 Å². The lowest BCUT2D eigenvalue weighted by Gasteiger charge is -2.12. The Morgan fingerprint density at radius 3 is 2.68 bits per heavy atom. The van der Waals surface area contributed by atoms with Crippen molar-refractivity contribution in [2.45, 2.75) is 20.0 Å². The highest BCUT2D eigenvalue weighted by Gasteiger charge is 2.05. The minimum Gasteiger partial charge on any atom is -0.546 e. The number of hydrogen-bond acceptors (Lipinski definition) is 5. The van der Waals surface area contributed by atoms with E-state index in [1.165, 1.54) is 12.7 Å². The molecule has 6 heteroatoms. The summed E-state index contributed by atoms with van der Waals surface area (Å²) in [5, 5.41) is 0. The van der Waals surface area contributed by atoms with Crippen molar-refractivity contribution in [2.24, 2.45) is 4.99 Å². The smallest absolute Gasteiger partial charge is 0.546 e. The zero-order valence-electron chi connectivity index (χ0n) is 12.2. The number of nitrogens with zero attached hydrogens (tertiary/aromatic N) is 4.